The van der Waals surface area contributed by atoms with Gasteiger partial charge in [0.05, 0.1) is 6.61 Å². The van der Waals surface area contributed by atoms with Crippen LogP contribution in [0.1, 0.15) is 52.4 Å². The number of anilines is 1. The predicted molar refractivity (Wildman–Crippen MR) is 110 cm³/mol. The molecule has 0 aromatic heterocycles. The second-order valence-corrected chi connectivity index (χ2v) is 7.71. The third-order valence-electron chi connectivity index (χ3n) is 5.65. The number of ether oxygens (including phenoxy) is 2. The fourth-order valence-electron chi connectivity index (χ4n) is 4.06. The number of hydrogen-bond acceptors (Lipinski definition) is 3. The number of benzene rings is 2. The minimum atomic E-state index is -0.727. The summed E-state index contributed by atoms with van der Waals surface area (Å²) in [6.45, 7) is 5.05. The molecule has 2 atom stereocenters. The van der Waals surface area contributed by atoms with Gasteiger partial charge in [-0.3, -0.25) is 4.79 Å². The van der Waals surface area contributed by atoms with Gasteiger partial charge in [-0.2, -0.15) is 0 Å². The third-order valence-corrected chi connectivity index (χ3v) is 5.65. The summed E-state index contributed by atoms with van der Waals surface area (Å²) in [5, 5.41) is 5.16. The molecule has 1 aliphatic rings. The zero-order valence-corrected chi connectivity index (χ0v) is 16.7. The van der Waals surface area contributed by atoms with Crippen molar-refractivity contribution in [2.45, 2.75) is 58.0 Å². The summed E-state index contributed by atoms with van der Waals surface area (Å²) in [4.78, 5) is 13.1. The van der Waals surface area contributed by atoms with Crippen LogP contribution in [0, 0.1) is 5.92 Å². The van der Waals surface area contributed by atoms with Gasteiger partial charge in [0, 0.05) is 23.6 Å². The average molecular weight is 370 g/mol. The summed E-state index contributed by atoms with van der Waals surface area (Å²) >= 11 is 0. The molecule has 1 saturated carbocycles. The molecule has 4 heteroatoms. The van der Waals surface area contributed by atoms with Crippen molar-refractivity contribution < 1.29 is 14.3 Å². The lowest BCUT2D eigenvalue weighted by Crippen LogP contribution is -2.47. The fourth-order valence-corrected chi connectivity index (χ4v) is 4.06. The zero-order chi connectivity index (χ0) is 19.3. The van der Waals surface area contributed by atoms with Gasteiger partial charge in [-0.25, -0.2) is 0 Å². The Hall–Kier alpha value is -2.07. The highest BCUT2D eigenvalue weighted by molar-refractivity contribution is 6.06. The number of carbonyl (C=O) groups is 1. The molecule has 1 amide bonds. The van der Waals surface area contributed by atoms with E-state index in [9.17, 15) is 4.79 Å². The third kappa shape index (κ3) is 4.27. The van der Waals surface area contributed by atoms with E-state index >= 15 is 0 Å². The van der Waals surface area contributed by atoms with Crippen LogP contribution in [0.3, 0.4) is 0 Å². The summed E-state index contributed by atoms with van der Waals surface area (Å²) in [5.41, 5.74) is 0.0859. The number of carbonyl (C=O) groups excluding carboxylic acids is 1. The quantitative estimate of drug-likeness (QED) is 0.651. The lowest BCUT2D eigenvalue weighted by Gasteiger charge is -2.37. The molecule has 2 aromatic rings. The van der Waals surface area contributed by atoms with Crippen LogP contribution in [0.15, 0.2) is 36.4 Å². The van der Waals surface area contributed by atoms with E-state index in [0.717, 1.165) is 60.7 Å². The molecular weight excluding hydrogens is 338 g/mol. The van der Waals surface area contributed by atoms with Gasteiger partial charge in [0.2, 0.25) is 0 Å². The number of methoxy groups -OCH3 is 1. The van der Waals surface area contributed by atoms with Crippen molar-refractivity contribution in [3.05, 3.63) is 36.4 Å². The van der Waals surface area contributed by atoms with E-state index in [0.29, 0.717) is 12.5 Å². The van der Waals surface area contributed by atoms with Crippen molar-refractivity contribution in [1.82, 2.24) is 0 Å². The van der Waals surface area contributed by atoms with Crippen molar-refractivity contribution in [1.29, 1.82) is 0 Å². The van der Waals surface area contributed by atoms with Crippen molar-refractivity contribution in [2.75, 3.05) is 19.0 Å². The summed E-state index contributed by atoms with van der Waals surface area (Å²) in [7, 11) is 1.65. The van der Waals surface area contributed by atoms with Gasteiger partial charge in [0.1, 0.15) is 11.4 Å². The number of unbranched alkanes of at least 4 members (excludes halogenated alkanes) is 1. The molecule has 27 heavy (non-hydrogen) atoms. The molecule has 0 saturated heterocycles. The number of hydrogen-bond donors (Lipinski definition) is 1. The second kappa shape index (κ2) is 8.75. The van der Waals surface area contributed by atoms with Crippen molar-refractivity contribution in [2.24, 2.45) is 5.92 Å². The molecule has 1 aliphatic carbocycles. The van der Waals surface area contributed by atoms with Gasteiger partial charge >= 0.3 is 0 Å². The Kier molecular flexibility index (Phi) is 6.38. The molecule has 3 rings (SSSR count). The highest BCUT2D eigenvalue weighted by atomic mass is 16.5. The molecule has 4 nitrogen and oxygen atoms in total. The predicted octanol–water partition coefficient (Wildman–Crippen LogP) is 5.55. The molecule has 0 heterocycles. The normalized spacial score (nSPS) is 22.6. The lowest BCUT2D eigenvalue weighted by molar-refractivity contribution is -0.143. The fraction of sp³-hybridized carbons (Fsp3) is 0.522. The average Bonchev–Trinajstić information content (AvgIpc) is 2.69. The number of nitrogens with one attached hydrogen (secondary N) is 1. The largest absolute Gasteiger partial charge is 0.493 e. The first-order valence-corrected chi connectivity index (χ1v) is 10.1. The first-order chi connectivity index (χ1) is 13.1. The van der Waals surface area contributed by atoms with Crippen molar-refractivity contribution in [3.8, 4) is 5.75 Å². The van der Waals surface area contributed by atoms with Crippen LogP contribution >= 0.6 is 0 Å². The van der Waals surface area contributed by atoms with Gasteiger partial charge in [0.25, 0.3) is 5.91 Å². The summed E-state index contributed by atoms with van der Waals surface area (Å²) in [5.74, 6) is 1.32. The zero-order valence-electron chi connectivity index (χ0n) is 16.7. The maximum absolute atomic E-state index is 13.1. The molecule has 2 unspecified atom stereocenters. The maximum atomic E-state index is 13.1. The van der Waals surface area contributed by atoms with E-state index in [2.05, 4.69) is 19.2 Å². The Morgan fingerprint density at radius 2 is 2.00 bits per heavy atom. The standard InChI is InChI=1S/C23H31NO3/c1-4-5-15-27-21-13-12-20(18-10-6-7-11-19(18)21)24-22(25)23(26-3)14-8-9-17(2)16-23/h6-7,10-13,17H,4-5,8-9,14-16H2,1-3H3,(H,24,25). The van der Waals surface area contributed by atoms with Crippen LogP contribution in [0.25, 0.3) is 10.8 Å². The minimum Gasteiger partial charge on any atom is -0.493 e. The minimum absolute atomic E-state index is 0.0404. The van der Waals surface area contributed by atoms with Gasteiger partial charge in [-0.15, -0.1) is 0 Å². The molecule has 0 radical (unpaired) electrons. The Bertz CT molecular complexity index is 788. The summed E-state index contributed by atoms with van der Waals surface area (Å²) < 4.78 is 11.7. The summed E-state index contributed by atoms with van der Waals surface area (Å²) in [6.07, 6.45) is 5.85. The van der Waals surface area contributed by atoms with Crippen LogP contribution in [0.4, 0.5) is 5.69 Å². The number of amides is 1. The Balaban J connectivity index is 1.86. The first kappa shape index (κ1) is 19.7. The number of fused-ring (bicyclic) bond motifs is 1. The lowest BCUT2D eigenvalue weighted by atomic mass is 9.78. The highest BCUT2D eigenvalue weighted by Crippen LogP contribution is 2.37. The van der Waals surface area contributed by atoms with Crippen molar-refractivity contribution in [3.63, 3.8) is 0 Å². The maximum Gasteiger partial charge on any atom is 0.256 e. The van der Waals surface area contributed by atoms with Crippen LogP contribution in [0.5, 0.6) is 5.75 Å². The Morgan fingerprint density at radius 3 is 2.70 bits per heavy atom. The molecule has 2 aromatic carbocycles. The Labute approximate surface area is 162 Å². The summed E-state index contributed by atoms with van der Waals surface area (Å²) in [6, 6.07) is 12.0. The monoisotopic (exact) mass is 369 g/mol. The number of rotatable bonds is 7. The van der Waals surface area contributed by atoms with Crippen LogP contribution in [-0.2, 0) is 9.53 Å². The van der Waals surface area contributed by atoms with E-state index in [1.54, 1.807) is 7.11 Å². The van der Waals surface area contributed by atoms with E-state index in [1.807, 2.05) is 36.4 Å². The van der Waals surface area contributed by atoms with Gasteiger partial charge in [-0.05, 0) is 43.7 Å². The molecule has 0 bridgehead atoms. The van der Waals surface area contributed by atoms with Gasteiger partial charge < -0.3 is 14.8 Å². The van der Waals surface area contributed by atoms with Crippen LogP contribution < -0.4 is 10.1 Å². The molecular formula is C23H31NO3. The molecule has 1 fully saturated rings. The SMILES string of the molecule is CCCCOc1ccc(NC(=O)C2(OC)CCCC(C)C2)c2ccccc12. The van der Waals surface area contributed by atoms with Crippen LogP contribution in [-0.4, -0.2) is 25.2 Å². The molecule has 1 N–H and O–H groups in total. The van der Waals surface area contributed by atoms with Crippen LogP contribution in [0.2, 0.25) is 0 Å². The van der Waals surface area contributed by atoms with E-state index in [1.165, 1.54) is 0 Å². The van der Waals surface area contributed by atoms with Crippen molar-refractivity contribution >= 4 is 22.4 Å². The van der Waals surface area contributed by atoms with E-state index in [4.69, 9.17) is 9.47 Å². The molecule has 0 spiro atoms. The smallest absolute Gasteiger partial charge is 0.256 e. The Morgan fingerprint density at radius 1 is 1.22 bits per heavy atom. The molecule has 0 aliphatic heterocycles. The topological polar surface area (TPSA) is 47.6 Å². The van der Waals surface area contributed by atoms with Gasteiger partial charge in [-0.1, -0.05) is 51.0 Å². The molecule has 146 valence electrons. The van der Waals surface area contributed by atoms with Gasteiger partial charge in [0.15, 0.2) is 0 Å². The highest BCUT2D eigenvalue weighted by Gasteiger charge is 2.42. The first-order valence-electron chi connectivity index (χ1n) is 10.1. The van der Waals surface area contributed by atoms with E-state index in [-0.39, 0.29) is 5.91 Å². The second-order valence-electron chi connectivity index (χ2n) is 7.71. The van der Waals surface area contributed by atoms with E-state index < -0.39 is 5.60 Å².